The molecule has 0 radical (unpaired) electrons. The standard InChI is InChI=1S/C9H15N3O2/c10-5-8(13)6-11-3-4-12(9(11)14)7-1-2-7/h3-4,7-8,13H,1-2,5-6,10H2. The molecule has 1 aliphatic rings. The highest BCUT2D eigenvalue weighted by atomic mass is 16.3. The van der Waals surface area contributed by atoms with Crippen LogP contribution in [0, 0.1) is 0 Å². The van der Waals surface area contributed by atoms with Gasteiger partial charge in [-0.3, -0.25) is 9.13 Å². The molecule has 14 heavy (non-hydrogen) atoms. The number of aliphatic hydroxyl groups is 1. The maximum atomic E-state index is 11.7. The van der Waals surface area contributed by atoms with Gasteiger partial charge in [0.25, 0.3) is 0 Å². The van der Waals surface area contributed by atoms with E-state index in [1.54, 1.807) is 17.0 Å². The first kappa shape index (κ1) is 9.48. The lowest BCUT2D eigenvalue weighted by atomic mass is 10.3. The Kier molecular flexibility index (Phi) is 2.43. The van der Waals surface area contributed by atoms with E-state index in [0.29, 0.717) is 6.04 Å². The predicted octanol–water partition coefficient (Wildman–Crippen LogP) is -0.696. The molecule has 1 fully saturated rings. The Balaban J connectivity index is 2.14. The first-order valence-electron chi connectivity index (χ1n) is 4.87. The molecule has 3 N–H and O–H groups in total. The topological polar surface area (TPSA) is 73.2 Å². The van der Waals surface area contributed by atoms with Crippen LogP contribution in [0.3, 0.4) is 0 Å². The van der Waals surface area contributed by atoms with Gasteiger partial charge in [0, 0.05) is 25.0 Å². The average molecular weight is 197 g/mol. The Labute approximate surface area is 81.8 Å². The second-order valence-corrected chi connectivity index (χ2v) is 3.76. The van der Waals surface area contributed by atoms with Crippen molar-refractivity contribution in [2.75, 3.05) is 6.54 Å². The lowest BCUT2D eigenvalue weighted by Gasteiger charge is -2.06. The second-order valence-electron chi connectivity index (χ2n) is 3.76. The predicted molar refractivity (Wildman–Crippen MR) is 52.0 cm³/mol. The Morgan fingerprint density at radius 3 is 2.86 bits per heavy atom. The minimum atomic E-state index is -0.636. The van der Waals surface area contributed by atoms with Crippen LogP contribution in [-0.2, 0) is 6.54 Å². The van der Waals surface area contributed by atoms with Gasteiger partial charge in [-0.2, -0.15) is 0 Å². The molecule has 1 saturated carbocycles. The maximum absolute atomic E-state index is 11.7. The monoisotopic (exact) mass is 197 g/mol. The van der Waals surface area contributed by atoms with E-state index in [1.807, 2.05) is 0 Å². The Hall–Kier alpha value is -1.07. The molecule has 1 aromatic heterocycles. The zero-order valence-corrected chi connectivity index (χ0v) is 7.97. The summed E-state index contributed by atoms with van der Waals surface area (Å²) >= 11 is 0. The SMILES string of the molecule is NCC(O)Cn1ccn(C2CC2)c1=O. The van der Waals surface area contributed by atoms with E-state index in [9.17, 15) is 9.90 Å². The molecule has 78 valence electrons. The minimum Gasteiger partial charge on any atom is -0.390 e. The van der Waals surface area contributed by atoms with E-state index in [1.165, 1.54) is 4.57 Å². The van der Waals surface area contributed by atoms with Crippen LogP contribution < -0.4 is 11.4 Å². The minimum absolute atomic E-state index is 0.0417. The third-order valence-corrected chi connectivity index (χ3v) is 2.49. The summed E-state index contributed by atoms with van der Waals surface area (Å²) in [5.74, 6) is 0. The summed E-state index contributed by atoms with van der Waals surface area (Å²) in [6, 6.07) is 0.388. The molecule has 0 amide bonds. The van der Waals surface area contributed by atoms with Crippen molar-refractivity contribution < 1.29 is 5.11 Å². The van der Waals surface area contributed by atoms with Crippen molar-refractivity contribution in [3.05, 3.63) is 22.9 Å². The second kappa shape index (κ2) is 3.59. The van der Waals surface area contributed by atoms with Gasteiger partial charge in [0.2, 0.25) is 0 Å². The molecule has 1 atom stereocenters. The molecule has 1 aromatic rings. The van der Waals surface area contributed by atoms with Crippen LogP contribution in [-0.4, -0.2) is 26.9 Å². The molecule has 1 aliphatic carbocycles. The number of aliphatic hydroxyl groups excluding tert-OH is 1. The van der Waals surface area contributed by atoms with E-state index >= 15 is 0 Å². The molecule has 0 saturated heterocycles. The van der Waals surface area contributed by atoms with Gasteiger partial charge in [-0.25, -0.2) is 4.79 Å². The van der Waals surface area contributed by atoms with Crippen molar-refractivity contribution in [3.8, 4) is 0 Å². The molecule has 5 heteroatoms. The number of aromatic nitrogens is 2. The van der Waals surface area contributed by atoms with Gasteiger partial charge in [0.15, 0.2) is 0 Å². The Morgan fingerprint density at radius 1 is 1.57 bits per heavy atom. The quantitative estimate of drug-likeness (QED) is 0.670. The molecule has 1 heterocycles. The van der Waals surface area contributed by atoms with E-state index in [0.717, 1.165) is 12.8 Å². The first-order valence-corrected chi connectivity index (χ1v) is 4.87. The molecule has 5 nitrogen and oxygen atoms in total. The smallest absolute Gasteiger partial charge is 0.328 e. The summed E-state index contributed by atoms with van der Waals surface area (Å²) in [6.07, 6.45) is 5.03. The van der Waals surface area contributed by atoms with Crippen molar-refractivity contribution in [2.24, 2.45) is 5.73 Å². The summed E-state index contributed by atoms with van der Waals surface area (Å²) in [6.45, 7) is 0.468. The lowest BCUT2D eigenvalue weighted by molar-refractivity contribution is 0.160. The summed E-state index contributed by atoms with van der Waals surface area (Å²) < 4.78 is 3.24. The zero-order valence-electron chi connectivity index (χ0n) is 7.97. The van der Waals surface area contributed by atoms with Crippen LogP contribution in [0.5, 0.6) is 0 Å². The highest BCUT2D eigenvalue weighted by molar-refractivity contribution is 4.91. The highest BCUT2D eigenvalue weighted by Crippen LogP contribution is 2.33. The normalized spacial score (nSPS) is 18.4. The van der Waals surface area contributed by atoms with Crippen molar-refractivity contribution in [2.45, 2.75) is 31.5 Å². The van der Waals surface area contributed by atoms with Crippen molar-refractivity contribution >= 4 is 0 Å². The van der Waals surface area contributed by atoms with Gasteiger partial charge in [0.05, 0.1) is 12.6 Å². The van der Waals surface area contributed by atoms with Gasteiger partial charge in [-0.1, -0.05) is 0 Å². The first-order chi connectivity index (χ1) is 6.72. The van der Waals surface area contributed by atoms with Crippen LogP contribution in [0.4, 0.5) is 0 Å². The molecular formula is C9H15N3O2. The van der Waals surface area contributed by atoms with E-state index in [-0.39, 0.29) is 18.8 Å². The molecule has 2 rings (SSSR count). The molecule has 0 spiro atoms. The number of nitrogens with two attached hydrogens (primary N) is 1. The van der Waals surface area contributed by atoms with Crippen LogP contribution in [0.15, 0.2) is 17.2 Å². The third-order valence-electron chi connectivity index (χ3n) is 2.49. The molecule has 1 unspecified atom stereocenters. The highest BCUT2D eigenvalue weighted by Gasteiger charge is 2.25. The van der Waals surface area contributed by atoms with Gasteiger partial charge < -0.3 is 10.8 Å². The number of imidazole rings is 1. The molecule has 0 bridgehead atoms. The zero-order chi connectivity index (χ0) is 10.1. The fraction of sp³-hybridized carbons (Fsp3) is 0.667. The average Bonchev–Trinajstić information content (AvgIpc) is 2.95. The van der Waals surface area contributed by atoms with Gasteiger partial charge in [-0.05, 0) is 12.8 Å². The van der Waals surface area contributed by atoms with Gasteiger partial charge in [0.1, 0.15) is 0 Å². The lowest BCUT2D eigenvalue weighted by Crippen LogP contribution is -2.31. The number of hydrogen-bond donors (Lipinski definition) is 2. The molecule has 0 aliphatic heterocycles. The number of nitrogens with zero attached hydrogens (tertiary/aromatic N) is 2. The number of rotatable bonds is 4. The van der Waals surface area contributed by atoms with Gasteiger partial charge in [-0.15, -0.1) is 0 Å². The summed E-state index contributed by atoms with van der Waals surface area (Å²) in [7, 11) is 0. The van der Waals surface area contributed by atoms with Crippen molar-refractivity contribution in [1.29, 1.82) is 0 Å². The fourth-order valence-electron chi connectivity index (χ4n) is 1.50. The van der Waals surface area contributed by atoms with Crippen LogP contribution in [0.2, 0.25) is 0 Å². The van der Waals surface area contributed by atoms with E-state index < -0.39 is 6.10 Å². The third kappa shape index (κ3) is 1.73. The fourth-order valence-corrected chi connectivity index (χ4v) is 1.50. The molecular weight excluding hydrogens is 182 g/mol. The maximum Gasteiger partial charge on any atom is 0.328 e. The molecule has 0 aromatic carbocycles. The summed E-state index contributed by atoms with van der Waals surface area (Å²) in [5.41, 5.74) is 5.24. The Morgan fingerprint density at radius 2 is 2.29 bits per heavy atom. The van der Waals surface area contributed by atoms with Crippen LogP contribution >= 0.6 is 0 Å². The van der Waals surface area contributed by atoms with Crippen molar-refractivity contribution in [3.63, 3.8) is 0 Å². The van der Waals surface area contributed by atoms with E-state index in [2.05, 4.69) is 0 Å². The number of hydrogen-bond acceptors (Lipinski definition) is 3. The summed E-state index contributed by atoms with van der Waals surface area (Å²) in [5, 5.41) is 9.31. The Bertz CT molecular complexity index is 364. The summed E-state index contributed by atoms with van der Waals surface area (Å²) in [4.78, 5) is 11.7. The van der Waals surface area contributed by atoms with E-state index in [4.69, 9.17) is 5.73 Å². The largest absolute Gasteiger partial charge is 0.390 e. The van der Waals surface area contributed by atoms with Crippen molar-refractivity contribution in [1.82, 2.24) is 9.13 Å². The van der Waals surface area contributed by atoms with Crippen LogP contribution in [0.25, 0.3) is 0 Å². The van der Waals surface area contributed by atoms with Gasteiger partial charge >= 0.3 is 5.69 Å². The van der Waals surface area contributed by atoms with Crippen LogP contribution in [0.1, 0.15) is 18.9 Å².